The molecule has 0 spiro atoms. The molecule has 1 unspecified atom stereocenters. The van der Waals surface area contributed by atoms with E-state index in [0.29, 0.717) is 24.6 Å². The van der Waals surface area contributed by atoms with Crippen LogP contribution in [0.25, 0.3) is 0 Å². The lowest BCUT2D eigenvalue weighted by molar-refractivity contribution is -0.122. The van der Waals surface area contributed by atoms with E-state index in [4.69, 9.17) is 4.74 Å². The Morgan fingerprint density at radius 2 is 1.96 bits per heavy atom. The van der Waals surface area contributed by atoms with E-state index in [1.54, 1.807) is 4.90 Å². The highest BCUT2D eigenvalue weighted by atomic mass is 16.5. The molecule has 1 N–H and O–H groups in total. The predicted molar refractivity (Wildman–Crippen MR) is 107 cm³/mol. The normalized spacial score (nSPS) is 16.5. The second kappa shape index (κ2) is 8.25. The zero-order valence-electron chi connectivity index (χ0n) is 16.1. The lowest BCUT2D eigenvalue weighted by Gasteiger charge is -2.22. The Labute approximate surface area is 160 Å². The van der Waals surface area contributed by atoms with Crippen LogP contribution in [-0.4, -0.2) is 25.0 Å². The molecule has 0 bridgehead atoms. The molecule has 5 nitrogen and oxygen atoms in total. The van der Waals surface area contributed by atoms with E-state index in [0.717, 1.165) is 23.2 Å². The standard InChI is InChI=1S/C22H26N2O3/c1-4-16-10-8-9-15(3)21(16)24-14-17(13-20(24)25)22(26)23-18-11-6-7-12-19(18)27-5-2/h6-12,17H,4-5,13-14H2,1-3H3,(H,23,26). The molecule has 0 radical (unpaired) electrons. The molecule has 0 aliphatic carbocycles. The zero-order chi connectivity index (χ0) is 19.4. The summed E-state index contributed by atoms with van der Waals surface area (Å²) in [4.78, 5) is 27.2. The van der Waals surface area contributed by atoms with Gasteiger partial charge < -0.3 is 15.0 Å². The third-order valence-electron chi connectivity index (χ3n) is 4.91. The van der Waals surface area contributed by atoms with Crippen molar-refractivity contribution >= 4 is 23.2 Å². The average Bonchev–Trinajstić information content (AvgIpc) is 3.04. The second-order valence-electron chi connectivity index (χ2n) is 6.76. The fourth-order valence-corrected chi connectivity index (χ4v) is 3.58. The SMILES string of the molecule is CCOc1ccccc1NC(=O)C1CC(=O)N(c2c(C)cccc2CC)C1. The van der Waals surface area contributed by atoms with Crippen molar-refractivity contribution in [3.05, 3.63) is 53.6 Å². The highest BCUT2D eigenvalue weighted by Crippen LogP contribution is 2.32. The summed E-state index contributed by atoms with van der Waals surface area (Å²) in [5.41, 5.74) is 3.78. The molecule has 1 heterocycles. The summed E-state index contributed by atoms with van der Waals surface area (Å²) in [6.45, 7) is 6.91. The Hall–Kier alpha value is -2.82. The third-order valence-corrected chi connectivity index (χ3v) is 4.91. The number of ether oxygens (including phenoxy) is 1. The quantitative estimate of drug-likeness (QED) is 0.842. The summed E-state index contributed by atoms with van der Waals surface area (Å²) in [5.74, 6) is 0.111. The molecule has 1 fully saturated rings. The highest BCUT2D eigenvalue weighted by molar-refractivity contribution is 6.04. The smallest absolute Gasteiger partial charge is 0.229 e. The molecular weight excluding hydrogens is 340 g/mol. The lowest BCUT2D eigenvalue weighted by Crippen LogP contribution is -2.29. The molecule has 1 atom stereocenters. The van der Waals surface area contributed by atoms with Gasteiger partial charge >= 0.3 is 0 Å². The fourth-order valence-electron chi connectivity index (χ4n) is 3.58. The van der Waals surface area contributed by atoms with E-state index in [-0.39, 0.29) is 24.2 Å². The van der Waals surface area contributed by atoms with E-state index >= 15 is 0 Å². The number of nitrogens with one attached hydrogen (secondary N) is 1. The number of aryl methyl sites for hydroxylation is 2. The maximum Gasteiger partial charge on any atom is 0.229 e. The maximum absolute atomic E-state index is 12.8. The van der Waals surface area contributed by atoms with Gasteiger partial charge in [0.15, 0.2) is 0 Å². The van der Waals surface area contributed by atoms with Crippen LogP contribution in [0, 0.1) is 12.8 Å². The van der Waals surface area contributed by atoms with Crippen molar-refractivity contribution in [3.8, 4) is 5.75 Å². The van der Waals surface area contributed by atoms with Crippen LogP contribution in [0.5, 0.6) is 5.75 Å². The van der Waals surface area contributed by atoms with Crippen LogP contribution in [0.3, 0.4) is 0 Å². The Morgan fingerprint density at radius 1 is 1.19 bits per heavy atom. The molecule has 5 heteroatoms. The van der Waals surface area contributed by atoms with Crippen LogP contribution in [-0.2, 0) is 16.0 Å². The largest absolute Gasteiger partial charge is 0.492 e. The minimum atomic E-state index is -0.378. The highest BCUT2D eigenvalue weighted by Gasteiger charge is 2.36. The molecular formula is C22H26N2O3. The van der Waals surface area contributed by atoms with Gasteiger partial charge in [0.1, 0.15) is 5.75 Å². The topological polar surface area (TPSA) is 58.6 Å². The van der Waals surface area contributed by atoms with E-state index < -0.39 is 0 Å². The fraction of sp³-hybridized carbons (Fsp3) is 0.364. The minimum Gasteiger partial charge on any atom is -0.492 e. The van der Waals surface area contributed by atoms with Gasteiger partial charge in [-0.25, -0.2) is 0 Å². The Bertz CT molecular complexity index is 847. The molecule has 27 heavy (non-hydrogen) atoms. The summed E-state index contributed by atoms with van der Waals surface area (Å²) < 4.78 is 5.57. The molecule has 2 aromatic rings. The van der Waals surface area contributed by atoms with Crippen molar-refractivity contribution in [3.63, 3.8) is 0 Å². The van der Waals surface area contributed by atoms with Gasteiger partial charge in [-0.1, -0.05) is 37.3 Å². The van der Waals surface area contributed by atoms with Gasteiger partial charge in [-0.15, -0.1) is 0 Å². The summed E-state index contributed by atoms with van der Waals surface area (Å²) in [6, 6.07) is 13.4. The maximum atomic E-state index is 12.8. The molecule has 1 aliphatic rings. The van der Waals surface area contributed by atoms with Gasteiger partial charge in [0.05, 0.1) is 18.2 Å². The zero-order valence-corrected chi connectivity index (χ0v) is 16.1. The number of hydrogen-bond donors (Lipinski definition) is 1. The van der Waals surface area contributed by atoms with Gasteiger partial charge in [0.25, 0.3) is 0 Å². The number of benzene rings is 2. The average molecular weight is 366 g/mol. The van der Waals surface area contributed by atoms with Crippen LogP contribution >= 0.6 is 0 Å². The van der Waals surface area contributed by atoms with Crippen LogP contribution in [0.4, 0.5) is 11.4 Å². The summed E-state index contributed by atoms with van der Waals surface area (Å²) >= 11 is 0. The van der Waals surface area contributed by atoms with E-state index in [1.165, 1.54) is 0 Å². The van der Waals surface area contributed by atoms with Gasteiger partial charge in [-0.05, 0) is 43.5 Å². The van der Waals surface area contributed by atoms with Gasteiger partial charge in [-0.2, -0.15) is 0 Å². The Balaban J connectivity index is 1.77. The second-order valence-corrected chi connectivity index (χ2v) is 6.76. The van der Waals surface area contributed by atoms with Crippen molar-refractivity contribution in [1.29, 1.82) is 0 Å². The van der Waals surface area contributed by atoms with Crippen LogP contribution in [0.1, 0.15) is 31.4 Å². The summed E-state index contributed by atoms with van der Waals surface area (Å²) in [7, 11) is 0. The number of carbonyl (C=O) groups excluding carboxylic acids is 2. The molecule has 0 aromatic heterocycles. The molecule has 0 saturated carbocycles. The van der Waals surface area contributed by atoms with Crippen molar-refractivity contribution in [2.45, 2.75) is 33.6 Å². The van der Waals surface area contributed by atoms with Crippen molar-refractivity contribution in [2.75, 3.05) is 23.4 Å². The number of amides is 2. The first-order valence-electron chi connectivity index (χ1n) is 9.46. The first-order chi connectivity index (χ1) is 13.0. The summed E-state index contributed by atoms with van der Waals surface area (Å²) in [6.07, 6.45) is 1.07. The van der Waals surface area contributed by atoms with E-state index in [1.807, 2.05) is 56.3 Å². The number of hydrogen-bond acceptors (Lipinski definition) is 3. The molecule has 2 amide bonds. The van der Waals surface area contributed by atoms with Crippen LogP contribution < -0.4 is 15.0 Å². The van der Waals surface area contributed by atoms with Crippen molar-refractivity contribution in [2.24, 2.45) is 5.92 Å². The first-order valence-corrected chi connectivity index (χ1v) is 9.46. The number of carbonyl (C=O) groups is 2. The van der Waals surface area contributed by atoms with Crippen molar-refractivity contribution in [1.82, 2.24) is 0 Å². The lowest BCUT2D eigenvalue weighted by atomic mass is 10.0. The molecule has 3 rings (SSSR count). The van der Waals surface area contributed by atoms with Gasteiger partial charge in [0.2, 0.25) is 11.8 Å². The number of para-hydroxylation sites is 3. The Kier molecular flexibility index (Phi) is 5.79. The molecule has 1 aliphatic heterocycles. The van der Waals surface area contributed by atoms with Gasteiger partial charge in [0, 0.05) is 18.7 Å². The number of anilines is 2. The first kappa shape index (κ1) is 19.0. The monoisotopic (exact) mass is 366 g/mol. The van der Waals surface area contributed by atoms with E-state index in [2.05, 4.69) is 12.2 Å². The Morgan fingerprint density at radius 3 is 2.70 bits per heavy atom. The van der Waals surface area contributed by atoms with Crippen molar-refractivity contribution < 1.29 is 14.3 Å². The minimum absolute atomic E-state index is 0.00255. The molecule has 142 valence electrons. The molecule has 1 saturated heterocycles. The van der Waals surface area contributed by atoms with Crippen LogP contribution in [0.2, 0.25) is 0 Å². The number of nitrogens with zero attached hydrogens (tertiary/aromatic N) is 1. The molecule has 2 aromatic carbocycles. The predicted octanol–water partition coefficient (Wildman–Crippen LogP) is 3.95. The third kappa shape index (κ3) is 3.97. The van der Waals surface area contributed by atoms with Crippen LogP contribution in [0.15, 0.2) is 42.5 Å². The summed E-state index contributed by atoms with van der Waals surface area (Å²) in [5, 5.41) is 2.93. The number of rotatable bonds is 6. The van der Waals surface area contributed by atoms with Gasteiger partial charge in [-0.3, -0.25) is 9.59 Å². The van der Waals surface area contributed by atoms with E-state index in [9.17, 15) is 9.59 Å².